The second kappa shape index (κ2) is 5.42. The maximum atomic E-state index is 13.8. The third kappa shape index (κ3) is 3.42. The molecular formula is C12H15FN2O2S2. The van der Waals surface area contributed by atoms with Gasteiger partial charge < -0.3 is 10.6 Å². The van der Waals surface area contributed by atoms with Gasteiger partial charge in [-0.05, 0) is 24.6 Å². The topological polar surface area (TPSA) is 63.4 Å². The molecule has 1 aromatic rings. The largest absolute Gasteiger partial charge is 0.389 e. The number of hydrogen-bond donors (Lipinski definition) is 1. The van der Waals surface area contributed by atoms with Crippen LogP contribution in [0.3, 0.4) is 0 Å². The molecule has 0 bridgehead atoms. The summed E-state index contributed by atoms with van der Waals surface area (Å²) in [4.78, 5) is 1.89. The fraction of sp³-hybridized carbons (Fsp3) is 0.417. The van der Waals surface area contributed by atoms with Crippen molar-refractivity contribution in [1.82, 2.24) is 0 Å². The molecule has 0 unspecified atom stereocenters. The van der Waals surface area contributed by atoms with E-state index in [1.165, 1.54) is 12.1 Å². The first kappa shape index (κ1) is 14.2. The first-order valence-electron chi connectivity index (χ1n) is 5.94. The molecule has 1 saturated heterocycles. The molecule has 19 heavy (non-hydrogen) atoms. The first-order chi connectivity index (χ1) is 8.89. The van der Waals surface area contributed by atoms with Crippen molar-refractivity contribution in [2.45, 2.75) is 6.42 Å². The number of hydrogen-bond acceptors (Lipinski definition) is 4. The van der Waals surface area contributed by atoms with E-state index in [0.717, 1.165) is 0 Å². The SMILES string of the molecule is NC(=S)c1ccc(N2CCCS(=O)(=O)CC2)cc1F. The average Bonchev–Trinajstić information content (AvgIpc) is 2.49. The van der Waals surface area contributed by atoms with Crippen molar-refractivity contribution in [2.24, 2.45) is 5.73 Å². The summed E-state index contributed by atoms with van der Waals surface area (Å²) in [6.07, 6.45) is 0.557. The van der Waals surface area contributed by atoms with Crippen LogP contribution in [0.5, 0.6) is 0 Å². The Bertz CT molecular complexity index is 602. The number of benzene rings is 1. The molecule has 4 nitrogen and oxygen atoms in total. The molecular weight excluding hydrogens is 287 g/mol. The molecule has 0 saturated carbocycles. The minimum Gasteiger partial charge on any atom is -0.389 e. The molecule has 0 atom stereocenters. The van der Waals surface area contributed by atoms with Gasteiger partial charge in [-0.25, -0.2) is 12.8 Å². The Labute approximate surface area is 117 Å². The van der Waals surface area contributed by atoms with Gasteiger partial charge in [0.25, 0.3) is 0 Å². The molecule has 1 heterocycles. The third-order valence-corrected chi connectivity index (χ3v) is 5.07. The minimum atomic E-state index is -2.97. The van der Waals surface area contributed by atoms with Crippen molar-refractivity contribution in [2.75, 3.05) is 29.5 Å². The summed E-state index contributed by atoms with van der Waals surface area (Å²) in [5.74, 6) is -0.181. The quantitative estimate of drug-likeness (QED) is 0.829. The summed E-state index contributed by atoms with van der Waals surface area (Å²) in [6, 6.07) is 4.61. The Kier molecular flexibility index (Phi) is 4.05. The van der Waals surface area contributed by atoms with E-state index >= 15 is 0 Å². The molecule has 2 N–H and O–H groups in total. The van der Waals surface area contributed by atoms with Crippen molar-refractivity contribution >= 4 is 32.7 Å². The van der Waals surface area contributed by atoms with Gasteiger partial charge in [0.2, 0.25) is 0 Å². The van der Waals surface area contributed by atoms with Crippen molar-refractivity contribution in [3.05, 3.63) is 29.6 Å². The number of nitrogens with two attached hydrogens (primary N) is 1. The number of sulfone groups is 1. The summed E-state index contributed by atoms with van der Waals surface area (Å²) < 4.78 is 36.8. The molecule has 1 fully saturated rings. The van der Waals surface area contributed by atoms with Crippen molar-refractivity contribution < 1.29 is 12.8 Å². The predicted octanol–water partition coefficient (Wildman–Crippen LogP) is 1.08. The number of halogens is 1. The van der Waals surface area contributed by atoms with Crippen LogP contribution in [-0.4, -0.2) is 38.0 Å². The Morgan fingerprint density at radius 1 is 1.32 bits per heavy atom. The van der Waals surface area contributed by atoms with Crippen molar-refractivity contribution in [3.8, 4) is 0 Å². The normalized spacial score (nSPS) is 18.9. The molecule has 1 aromatic carbocycles. The van der Waals surface area contributed by atoms with E-state index in [-0.39, 0.29) is 22.1 Å². The van der Waals surface area contributed by atoms with Gasteiger partial charge in [-0.2, -0.15) is 0 Å². The standard InChI is InChI=1S/C12H15FN2O2S2/c13-11-8-9(2-3-10(11)12(14)18)15-4-1-6-19(16,17)7-5-15/h2-3,8H,1,4-7H2,(H2,14,18). The molecule has 7 heteroatoms. The lowest BCUT2D eigenvalue weighted by Gasteiger charge is -2.22. The summed E-state index contributed by atoms with van der Waals surface area (Å²) in [7, 11) is -2.97. The monoisotopic (exact) mass is 302 g/mol. The lowest BCUT2D eigenvalue weighted by molar-refractivity contribution is 0.597. The highest BCUT2D eigenvalue weighted by Crippen LogP contribution is 2.20. The van der Waals surface area contributed by atoms with E-state index in [1.54, 1.807) is 6.07 Å². The lowest BCUT2D eigenvalue weighted by Crippen LogP contribution is -2.27. The second-order valence-electron chi connectivity index (χ2n) is 4.52. The highest BCUT2D eigenvalue weighted by atomic mass is 32.2. The Morgan fingerprint density at radius 2 is 2.05 bits per heavy atom. The van der Waals surface area contributed by atoms with Gasteiger partial charge in [-0.3, -0.25) is 0 Å². The van der Waals surface area contributed by atoms with E-state index in [9.17, 15) is 12.8 Å². The Balaban J connectivity index is 2.23. The van der Waals surface area contributed by atoms with Crippen LogP contribution >= 0.6 is 12.2 Å². The van der Waals surface area contributed by atoms with Crippen LogP contribution in [0.25, 0.3) is 0 Å². The van der Waals surface area contributed by atoms with Crippen LogP contribution in [0.4, 0.5) is 10.1 Å². The maximum absolute atomic E-state index is 13.8. The highest BCUT2D eigenvalue weighted by Gasteiger charge is 2.20. The van der Waals surface area contributed by atoms with Crippen LogP contribution in [0, 0.1) is 5.82 Å². The van der Waals surface area contributed by atoms with Gasteiger partial charge in [0.15, 0.2) is 9.84 Å². The molecule has 0 aromatic heterocycles. The maximum Gasteiger partial charge on any atom is 0.152 e. The van der Waals surface area contributed by atoms with Crippen LogP contribution in [0.15, 0.2) is 18.2 Å². The highest BCUT2D eigenvalue weighted by molar-refractivity contribution is 7.91. The van der Waals surface area contributed by atoms with Gasteiger partial charge >= 0.3 is 0 Å². The van der Waals surface area contributed by atoms with E-state index in [1.807, 2.05) is 4.90 Å². The van der Waals surface area contributed by atoms with E-state index in [4.69, 9.17) is 18.0 Å². The second-order valence-corrected chi connectivity index (χ2v) is 7.26. The minimum absolute atomic E-state index is 0.0162. The zero-order valence-corrected chi connectivity index (χ0v) is 11.9. The van der Waals surface area contributed by atoms with Gasteiger partial charge in [0, 0.05) is 24.3 Å². The smallest absolute Gasteiger partial charge is 0.152 e. The average molecular weight is 302 g/mol. The van der Waals surface area contributed by atoms with E-state index in [0.29, 0.717) is 25.2 Å². The molecule has 104 valence electrons. The van der Waals surface area contributed by atoms with Crippen molar-refractivity contribution in [1.29, 1.82) is 0 Å². The third-order valence-electron chi connectivity index (χ3n) is 3.14. The van der Waals surface area contributed by atoms with Crippen molar-refractivity contribution in [3.63, 3.8) is 0 Å². The van der Waals surface area contributed by atoms with E-state index < -0.39 is 15.7 Å². The van der Waals surface area contributed by atoms with Crippen LogP contribution in [-0.2, 0) is 9.84 Å². The summed E-state index contributed by atoms with van der Waals surface area (Å²) in [6.45, 7) is 0.985. The molecule has 0 radical (unpaired) electrons. The first-order valence-corrected chi connectivity index (χ1v) is 8.17. The molecule has 0 spiro atoms. The van der Waals surface area contributed by atoms with Crippen LogP contribution in [0.1, 0.15) is 12.0 Å². The zero-order valence-electron chi connectivity index (χ0n) is 10.3. The molecule has 1 aliphatic rings. The Hall–Kier alpha value is -1.21. The summed E-state index contributed by atoms with van der Waals surface area (Å²) in [5, 5.41) is 0. The number of anilines is 1. The molecule has 0 aliphatic carbocycles. The summed E-state index contributed by atoms with van der Waals surface area (Å²) >= 11 is 4.75. The Morgan fingerprint density at radius 3 is 2.68 bits per heavy atom. The van der Waals surface area contributed by atoms with Gasteiger partial charge in [-0.1, -0.05) is 12.2 Å². The fourth-order valence-corrected chi connectivity index (χ4v) is 3.53. The van der Waals surface area contributed by atoms with Crippen LogP contribution in [0.2, 0.25) is 0 Å². The molecule has 2 rings (SSSR count). The zero-order chi connectivity index (χ0) is 14.0. The fourth-order valence-electron chi connectivity index (χ4n) is 2.10. The van der Waals surface area contributed by atoms with Crippen LogP contribution < -0.4 is 10.6 Å². The molecule has 0 amide bonds. The number of nitrogens with zero attached hydrogens (tertiary/aromatic N) is 1. The van der Waals surface area contributed by atoms with Gasteiger partial charge in [-0.15, -0.1) is 0 Å². The number of thiocarbonyl (C=S) groups is 1. The lowest BCUT2D eigenvalue weighted by atomic mass is 10.1. The predicted molar refractivity (Wildman–Crippen MR) is 77.8 cm³/mol. The van der Waals surface area contributed by atoms with Gasteiger partial charge in [0.1, 0.15) is 10.8 Å². The van der Waals surface area contributed by atoms with Gasteiger partial charge in [0.05, 0.1) is 11.5 Å². The van der Waals surface area contributed by atoms with E-state index in [2.05, 4.69) is 0 Å². The number of rotatable bonds is 2. The molecule has 1 aliphatic heterocycles. The summed E-state index contributed by atoms with van der Waals surface area (Å²) in [5.41, 5.74) is 6.27.